The second kappa shape index (κ2) is 7.60. The maximum atomic E-state index is 13.2. The number of pyridine rings is 1. The lowest BCUT2D eigenvalue weighted by Crippen LogP contribution is -2.13. The average Bonchev–Trinajstić information content (AvgIpc) is 2.65. The molecule has 1 aromatic heterocycles. The number of hydrogen-bond acceptors (Lipinski definition) is 4. The van der Waals surface area contributed by atoms with Crippen molar-refractivity contribution in [1.82, 2.24) is 4.98 Å². The molecule has 0 fully saturated rings. The molecule has 0 unspecified atom stereocenters. The highest BCUT2D eigenvalue weighted by molar-refractivity contribution is 6.03. The van der Waals surface area contributed by atoms with E-state index < -0.39 is 11.6 Å². The molecule has 0 atom stereocenters. The summed E-state index contributed by atoms with van der Waals surface area (Å²) >= 11 is 0. The van der Waals surface area contributed by atoms with Crippen LogP contribution in [0.4, 0.5) is 25.8 Å². The summed E-state index contributed by atoms with van der Waals surface area (Å²) in [5, 5.41) is 5.61. The first kappa shape index (κ1) is 17.3. The number of rotatable bonds is 5. The van der Waals surface area contributed by atoms with Crippen molar-refractivity contribution in [2.75, 3.05) is 17.7 Å². The van der Waals surface area contributed by atoms with E-state index in [0.717, 1.165) is 12.1 Å². The highest BCUT2D eigenvalue weighted by Gasteiger charge is 2.09. The molecule has 26 heavy (non-hydrogen) atoms. The van der Waals surface area contributed by atoms with Crippen LogP contribution in [0.15, 0.2) is 60.8 Å². The average molecular weight is 355 g/mol. The summed E-state index contributed by atoms with van der Waals surface area (Å²) < 4.78 is 31.3. The van der Waals surface area contributed by atoms with Gasteiger partial charge in [-0.2, -0.15) is 0 Å². The number of halogens is 2. The van der Waals surface area contributed by atoms with Crippen molar-refractivity contribution in [3.63, 3.8) is 0 Å². The molecule has 2 N–H and O–H groups in total. The second-order valence-corrected chi connectivity index (χ2v) is 5.37. The van der Waals surface area contributed by atoms with E-state index in [2.05, 4.69) is 15.6 Å². The Balaban J connectivity index is 1.68. The van der Waals surface area contributed by atoms with Crippen LogP contribution in [0, 0.1) is 11.6 Å². The van der Waals surface area contributed by atoms with E-state index in [-0.39, 0.29) is 11.6 Å². The molecule has 7 heteroatoms. The largest absolute Gasteiger partial charge is 0.497 e. The van der Waals surface area contributed by atoms with Crippen LogP contribution in [0.3, 0.4) is 0 Å². The van der Waals surface area contributed by atoms with Gasteiger partial charge < -0.3 is 15.4 Å². The normalized spacial score (nSPS) is 10.3. The third kappa shape index (κ3) is 4.13. The van der Waals surface area contributed by atoms with E-state index in [1.54, 1.807) is 37.4 Å². The SMILES string of the molecule is COc1cccc(NC(=O)c2ccc(Nc3ccc(F)c(F)c3)cn2)c1. The summed E-state index contributed by atoms with van der Waals surface area (Å²) in [5.41, 5.74) is 1.71. The molecule has 3 aromatic rings. The van der Waals surface area contributed by atoms with Gasteiger partial charge in [0.15, 0.2) is 11.6 Å². The minimum Gasteiger partial charge on any atom is -0.497 e. The van der Waals surface area contributed by atoms with Crippen LogP contribution in [-0.4, -0.2) is 18.0 Å². The zero-order valence-electron chi connectivity index (χ0n) is 13.8. The van der Waals surface area contributed by atoms with Gasteiger partial charge in [-0.05, 0) is 36.4 Å². The molecular formula is C19H15F2N3O2. The van der Waals surface area contributed by atoms with Crippen molar-refractivity contribution in [2.45, 2.75) is 0 Å². The number of hydrogen-bond donors (Lipinski definition) is 2. The third-order valence-electron chi connectivity index (χ3n) is 3.53. The lowest BCUT2D eigenvalue weighted by atomic mass is 10.2. The van der Waals surface area contributed by atoms with E-state index in [9.17, 15) is 13.6 Å². The zero-order chi connectivity index (χ0) is 18.5. The lowest BCUT2D eigenvalue weighted by Gasteiger charge is -2.09. The quantitative estimate of drug-likeness (QED) is 0.714. The van der Waals surface area contributed by atoms with Crippen molar-refractivity contribution in [3.8, 4) is 5.75 Å². The van der Waals surface area contributed by atoms with Gasteiger partial charge in [0.25, 0.3) is 5.91 Å². The molecule has 0 radical (unpaired) electrons. The fourth-order valence-electron chi connectivity index (χ4n) is 2.24. The molecule has 1 heterocycles. The first-order valence-electron chi connectivity index (χ1n) is 7.69. The number of methoxy groups -OCH3 is 1. The summed E-state index contributed by atoms with van der Waals surface area (Å²) in [5.74, 6) is -1.62. The Labute approximate surface area is 148 Å². The van der Waals surface area contributed by atoms with E-state index in [1.165, 1.54) is 18.3 Å². The van der Waals surface area contributed by atoms with Crippen molar-refractivity contribution in [1.29, 1.82) is 0 Å². The Kier molecular flexibility index (Phi) is 5.07. The number of nitrogens with one attached hydrogen (secondary N) is 2. The Bertz CT molecular complexity index is 930. The number of anilines is 3. The van der Waals surface area contributed by atoms with Crippen LogP contribution in [0.1, 0.15) is 10.5 Å². The minimum absolute atomic E-state index is 0.212. The topological polar surface area (TPSA) is 63.2 Å². The molecule has 0 bridgehead atoms. The Morgan fingerprint density at radius 2 is 1.77 bits per heavy atom. The van der Waals surface area contributed by atoms with Crippen molar-refractivity contribution in [3.05, 3.63) is 78.1 Å². The summed E-state index contributed by atoms with van der Waals surface area (Å²) in [4.78, 5) is 16.3. The van der Waals surface area contributed by atoms with Crippen LogP contribution < -0.4 is 15.4 Å². The maximum Gasteiger partial charge on any atom is 0.274 e. The molecule has 0 aliphatic carbocycles. The molecule has 1 amide bonds. The number of benzene rings is 2. The monoisotopic (exact) mass is 355 g/mol. The molecule has 3 rings (SSSR count). The van der Waals surface area contributed by atoms with Gasteiger partial charge in [-0.25, -0.2) is 13.8 Å². The van der Waals surface area contributed by atoms with Crippen molar-refractivity contribution >= 4 is 23.0 Å². The number of nitrogens with zero attached hydrogens (tertiary/aromatic N) is 1. The molecule has 0 aliphatic heterocycles. The summed E-state index contributed by atoms with van der Waals surface area (Å²) in [6.45, 7) is 0. The second-order valence-electron chi connectivity index (χ2n) is 5.37. The van der Waals surface area contributed by atoms with E-state index >= 15 is 0 Å². The number of ether oxygens (including phenoxy) is 1. The van der Waals surface area contributed by atoms with Gasteiger partial charge in [0.05, 0.1) is 19.0 Å². The third-order valence-corrected chi connectivity index (χ3v) is 3.53. The molecule has 2 aromatic carbocycles. The zero-order valence-corrected chi connectivity index (χ0v) is 13.8. The number of carbonyl (C=O) groups is 1. The number of amides is 1. The Hall–Kier alpha value is -3.48. The van der Waals surface area contributed by atoms with Crippen LogP contribution in [0.25, 0.3) is 0 Å². The standard InChI is InChI=1S/C19H15F2N3O2/c1-26-15-4-2-3-12(9-15)24-19(25)18-8-6-14(11-22-18)23-13-5-7-16(20)17(21)10-13/h2-11,23H,1H3,(H,24,25). The molecule has 0 saturated heterocycles. The summed E-state index contributed by atoms with van der Waals surface area (Å²) in [7, 11) is 1.54. The molecule has 0 aliphatic rings. The van der Waals surface area contributed by atoms with Crippen LogP contribution in [0.5, 0.6) is 5.75 Å². The highest BCUT2D eigenvalue weighted by atomic mass is 19.2. The number of aromatic nitrogens is 1. The molecule has 0 spiro atoms. The smallest absolute Gasteiger partial charge is 0.274 e. The fraction of sp³-hybridized carbons (Fsp3) is 0.0526. The summed E-state index contributed by atoms with van der Waals surface area (Å²) in [6, 6.07) is 13.6. The minimum atomic E-state index is -0.947. The van der Waals surface area contributed by atoms with E-state index in [0.29, 0.717) is 22.8 Å². The lowest BCUT2D eigenvalue weighted by molar-refractivity contribution is 0.102. The van der Waals surface area contributed by atoms with Gasteiger partial charge in [0, 0.05) is 23.5 Å². The summed E-state index contributed by atoms with van der Waals surface area (Å²) in [6.07, 6.45) is 1.43. The molecule has 0 saturated carbocycles. The first-order chi connectivity index (χ1) is 12.5. The van der Waals surface area contributed by atoms with Crippen LogP contribution >= 0.6 is 0 Å². The van der Waals surface area contributed by atoms with Gasteiger partial charge in [-0.15, -0.1) is 0 Å². The molecule has 5 nitrogen and oxygen atoms in total. The molecule has 132 valence electrons. The predicted octanol–water partition coefficient (Wildman–Crippen LogP) is 4.36. The van der Waals surface area contributed by atoms with Crippen LogP contribution in [0.2, 0.25) is 0 Å². The fourth-order valence-corrected chi connectivity index (χ4v) is 2.24. The van der Waals surface area contributed by atoms with Gasteiger partial charge in [-0.3, -0.25) is 4.79 Å². The van der Waals surface area contributed by atoms with Gasteiger partial charge >= 0.3 is 0 Å². The van der Waals surface area contributed by atoms with Crippen molar-refractivity contribution < 1.29 is 18.3 Å². The van der Waals surface area contributed by atoms with E-state index in [4.69, 9.17) is 4.74 Å². The Morgan fingerprint density at radius 1 is 0.962 bits per heavy atom. The highest BCUT2D eigenvalue weighted by Crippen LogP contribution is 2.20. The van der Waals surface area contributed by atoms with Gasteiger partial charge in [0.1, 0.15) is 11.4 Å². The van der Waals surface area contributed by atoms with Crippen LogP contribution in [-0.2, 0) is 0 Å². The molecular weight excluding hydrogens is 340 g/mol. The maximum absolute atomic E-state index is 13.2. The first-order valence-corrected chi connectivity index (χ1v) is 7.69. The van der Waals surface area contributed by atoms with Gasteiger partial charge in [-0.1, -0.05) is 6.07 Å². The predicted molar refractivity (Wildman–Crippen MR) is 94.8 cm³/mol. The number of carbonyl (C=O) groups excluding carboxylic acids is 1. The van der Waals surface area contributed by atoms with Gasteiger partial charge in [0.2, 0.25) is 0 Å². The Morgan fingerprint density at radius 3 is 2.46 bits per heavy atom. The van der Waals surface area contributed by atoms with E-state index in [1.807, 2.05) is 0 Å². The van der Waals surface area contributed by atoms with Crippen molar-refractivity contribution in [2.24, 2.45) is 0 Å².